The van der Waals surface area contributed by atoms with Crippen molar-refractivity contribution in [2.24, 2.45) is 0 Å². The Morgan fingerprint density at radius 2 is 1.64 bits per heavy atom. The number of pyridine rings is 1. The van der Waals surface area contributed by atoms with Crippen LogP contribution in [0.1, 0.15) is 47.3 Å². The Morgan fingerprint density at radius 3 is 2.32 bits per heavy atom. The van der Waals surface area contributed by atoms with Gasteiger partial charge in [-0.3, -0.25) is 14.6 Å². The molecule has 2 atom stereocenters. The standard InChI is InChI=1S/C31H23F6N5O2/c32-23-8-6-20(13-22(23)31(35,36)37)42-26(17-2-1-9-38-15-17)14-25(39-42)30(44)40-18-4-5-19(40)12-21(11-18)41-27(43)10-16-3-7-24(33)28(34)29(16)41/h1-3,6-9,13-15,18-19,21H,4-5,10-12H2. The monoisotopic (exact) mass is 611 g/mol. The van der Waals surface area contributed by atoms with Gasteiger partial charge >= 0.3 is 6.18 Å². The predicted octanol–water partition coefficient (Wildman–Crippen LogP) is 6.10. The molecule has 7 rings (SSSR count). The SMILES string of the molecule is O=C1Cc2ccc(F)c(F)c2N1C1CC2CCC(C1)N2C(=O)c1cc(-c2cccnc2)n(-c2ccc(F)c(C(F)(F)F)c2)n1. The van der Waals surface area contributed by atoms with E-state index in [4.69, 9.17) is 0 Å². The van der Waals surface area contributed by atoms with Gasteiger partial charge in [0.2, 0.25) is 5.91 Å². The van der Waals surface area contributed by atoms with Crippen LogP contribution >= 0.6 is 0 Å². The third-order valence-electron chi connectivity index (χ3n) is 8.70. The molecule has 2 aromatic carbocycles. The minimum Gasteiger partial charge on any atom is -0.331 e. The number of carbonyl (C=O) groups is 2. The number of hydrogen-bond donors (Lipinski definition) is 0. The molecule has 2 bridgehead atoms. The van der Waals surface area contributed by atoms with Gasteiger partial charge in [-0.05, 0) is 73.7 Å². The number of aromatic nitrogens is 3. The summed E-state index contributed by atoms with van der Waals surface area (Å²) in [7, 11) is 0. The fraction of sp³-hybridized carbons (Fsp3) is 0.290. The summed E-state index contributed by atoms with van der Waals surface area (Å²) >= 11 is 0. The summed E-state index contributed by atoms with van der Waals surface area (Å²) in [5.41, 5.74) is -0.477. The zero-order valence-corrected chi connectivity index (χ0v) is 22.9. The van der Waals surface area contributed by atoms with E-state index in [9.17, 15) is 35.9 Å². The van der Waals surface area contributed by atoms with E-state index in [2.05, 4.69) is 10.1 Å². The summed E-state index contributed by atoms with van der Waals surface area (Å²) in [6.07, 6.45) is -0.0731. The van der Waals surface area contributed by atoms with Gasteiger partial charge in [0.25, 0.3) is 5.91 Å². The number of benzene rings is 2. The summed E-state index contributed by atoms with van der Waals surface area (Å²) in [6.45, 7) is 0. The molecule has 3 aliphatic heterocycles. The number of hydrogen-bond acceptors (Lipinski definition) is 4. The van der Waals surface area contributed by atoms with Crippen LogP contribution < -0.4 is 4.90 Å². The molecule has 13 heteroatoms. The summed E-state index contributed by atoms with van der Waals surface area (Å²) in [4.78, 5) is 34.0. The summed E-state index contributed by atoms with van der Waals surface area (Å²) in [6, 6.07) is 8.55. The minimum absolute atomic E-state index is 0.0327. The number of piperidine rings is 1. The minimum atomic E-state index is -4.95. The van der Waals surface area contributed by atoms with Crippen molar-refractivity contribution in [3.8, 4) is 16.9 Å². The van der Waals surface area contributed by atoms with Gasteiger partial charge in [-0.1, -0.05) is 6.07 Å². The van der Waals surface area contributed by atoms with E-state index in [0.717, 1.165) is 16.8 Å². The van der Waals surface area contributed by atoms with Gasteiger partial charge in [-0.2, -0.15) is 18.3 Å². The molecular formula is C31H23F6N5O2. The van der Waals surface area contributed by atoms with Crippen molar-refractivity contribution in [2.45, 2.75) is 56.4 Å². The number of carbonyl (C=O) groups excluding carboxylic acids is 2. The summed E-state index contributed by atoms with van der Waals surface area (Å²) in [5.74, 6) is -4.33. The van der Waals surface area contributed by atoms with Crippen LogP contribution in [0, 0.1) is 17.5 Å². The first-order valence-electron chi connectivity index (χ1n) is 14.0. The van der Waals surface area contributed by atoms with Crippen LogP contribution in [0.5, 0.6) is 0 Å². The Labute approximate surface area is 246 Å². The second-order valence-electron chi connectivity index (χ2n) is 11.3. The number of alkyl halides is 3. The molecule has 44 heavy (non-hydrogen) atoms. The molecule has 7 nitrogen and oxygen atoms in total. The predicted molar refractivity (Wildman–Crippen MR) is 145 cm³/mol. The van der Waals surface area contributed by atoms with Crippen LogP contribution in [0.4, 0.5) is 32.0 Å². The zero-order chi connectivity index (χ0) is 30.9. The van der Waals surface area contributed by atoms with Crippen molar-refractivity contribution >= 4 is 17.5 Å². The first kappa shape index (κ1) is 28.1. The molecule has 2 saturated heterocycles. The number of fused-ring (bicyclic) bond motifs is 3. The molecule has 2 amide bonds. The van der Waals surface area contributed by atoms with Gasteiger partial charge in [0.15, 0.2) is 17.3 Å². The molecule has 4 aromatic rings. The molecule has 2 unspecified atom stereocenters. The molecule has 0 N–H and O–H groups in total. The van der Waals surface area contributed by atoms with Gasteiger partial charge in [0.1, 0.15) is 5.82 Å². The normalized spacial score (nSPS) is 21.2. The number of rotatable bonds is 4. The van der Waals surface area contributed by atoms with Crippen LogP contribution in [0.25, 0.3) is 16.9 Å². The second-order valence-corrected chi connectivity index (χ2v) is 11.3. The highest BCUT2D eigenvalue weighted by Gasteiger charge is 2.48. The smallest absolute Gasteiger partial charge is 0.331 e. The maximum atomic E-state index is 14.8. The molecule has 2 aromatic heterocycles. The highest BCUT2D eigenvalue weighted by molar-refractivity contribution is 6.02. The molecule has 0 radical (unpaired) electrons. The molecule has 226 valence electrons. The summed E-state index contributed by atoms with van der Waals surface area (Å²) < 4.78 is 84.7. The zero-order valence-electron chi connectivity index (χ0n) is 22.9. The fourth-order valence-electron chi connectivity index (χ4n) is 6.83. The number of nitrogens with zero attached hydrogens (tertiary/aromatic N) is 5. The topological polar surface area (TPSA) is 71.3 Å². The van der Waals surface area contributed by atoms with Crippen molar-refractivity contribution in [2.75, 3.05) is 4.90 Å². The largest absolute Gasteiger partial charge is 0.419 e. The van der Waals surface area contributed by atoms with Crippen LogP contribution in [-0.4, -0.2) is 49.6 Å². The fourth-order valence-corrected chi connectivity index (χ4v) is 6.83. The van der Waals surface area contributed by atoms with Gasteiger partial charge in [0.05, 0.1) is 29.1 Å². The maximum absolute atomic E-state index is 14.8. The van der Waals surface area contributed by atoms with Crippen molar-refractivity contribution < 1.29 is 35.9 Å². The Morgan fingerprint density at radius 1 is 0.909 bits per heavy atom. The third-order valence-corrected chi connectivity index (χ3v) is 8.70. The molecule has 0 spiro atoms. The van der Waals surface area contributed by atoms with Crippen LogP contribution in [-0.2, 0) is 17.4 Å². The first-order valence-corrected chi connectivity index (χ1v) is 14.0. The Kier molecular flexibility index (Phi) is 6.52. The lowest BCUT2D eigenvalue weighted by molar-refractivity contribution is -0.140. The van der Waals surface area contributed by atoms with E-state index in [1.807, 2.05) is 0 Å². The molecule has 3 aliphatic rings. The average Bonchev–Trinajstić information content (AvgIpc) is 3.66. The Balaban J connectivity index is 1.22. The lowest BCUT2D eigenvalue weighted by Gasteiger charge is -2.42. The van der Waals surface area contributed by atoms with Gasteiger partial charge in [0, 0.05) is 36.1 Å². The molecule has 0 saturated carbocycles. The average molecular weight is 612 g/mol. The molecule has 5 heterocycles. The van der Waals surface area contributed by atoms with Crippen LogP contribution in [0.15, 0.2) is 60.9 Å². The molecule has 0 aliphatic carbocycles. The Bertz CT molecular complexity index is 1790. The van der Waals surface area contributed by atoms with E-state index in [-0.39, 0.29) is 47.2 Å². The van der Waals surface area contributed by atoms with E-state index in [1.165, 1.54) is 29.4 Å². The second kappa shape index (κ2) is 10.2. The van der Waals surface area contributed by atoms with Gasteiger partial charge in [-0.15, -0.1) is 0 Å². The van der Waals surface area contributed by atoms with Crippen molar-refractivity contribution in [3.05, 3.63) is 95.2 Å². The maximum Gasteiger partial charge on any atom is 0.419 e. The van der Waals surface area contributed by atoms with E-state index >= 15 is 0 Å². The lowest BCUT2D eigenvalue weighted by Crippen LogP contribution is -2.53. The van der Waals surface area contributed by atoms with Gasteiger partial charge < -0.3 is 9.80 Å². The van der Waals surface area contributed by atoms with Gasteiger partial charge in [-0.25, -0.2) is 17.9 Å². The van der Waals surface area contributed by atoms with E-state index in [0.29, 0.717) is 48.9 Å². The lowest BCUT2D eigenvalue weighted by atomic mass is 9.95. The highest BCUT2D eigenvalue weighted by atomic mass is 19.4. The quantitative estimate of drug-likeness (QED) is 0.262. The van der Waals surface area contributed by atoms with Crippen molar-refractivity contribution in [1.29, 1.82) is 0 Å². The highest BCUT2D eigenvalue weighted by Crippen LogP contribution is 2.43. The molecular weight excluding hydrogens is 588 g/mol. The number of amides is 2. The van der Waals surface area contributed by atoms with E-state index < -0.39 is 41.1 Å². The van der Waals surface area contributed by atoms with Crippen LogP contribution in [0.2, 0.25) is 0 Å². The number of anilines is 1. The summed E-state index contributed by atoms with van der Waals surface area (Å²) in [5, 5.41) is 4.39. The third kappa shape index (κ3) is 4.52. The van der Waals surface area contributed by atoms with Crippen molar-refractivity contribution in [1.82, 2.24) is 19.7 Å². The first-order chi connectivity index (χ1) is 21.0. The van der Waals surface area contributed by atoms with Crippen LogP contribution in [0.3, 0.4) is 0 Å². The Hall–Kier alpha value is -4.68. The van der Waals surface area contributed by atoms with E-state index in [1.54, 1.807) is 17.0 Å². The van der Waals surface area contributed by atoms with Crippen molar-refractivity contribution in [3.63, 3.8) is 0 Å². The molecule has 2 fully saturated rings. The number of halogens is 6.